The molecule has 0 aliphatic rings. The lowest BCUT2D eigenvalue weighted by Crippen LogP contribution is -2.44. The number of carbonyl (C=O) groups excluding carboxylic acids is 3. The Hall–Kier alpha value is -1.57. The van der Waals surface area contributed by atoms with E-state index < -0.39 is 17.9 Å². The maximum atomic E-state index is 11.8. The van der Waals surface area contributed by atoms with Crippen molar-refractivity contribution in [1.82, 2.24) is 5.32 Å². The molecule has 6 nitrogen and oxygen atoms in total. The highest BCUT2D eigenvalue weighted by molar-refractivity contribution is 8.14. The minimum absolute atomic E-state index is 0. The van der Waals surface area contributed by atoms with Gasteiger partial charge in [0.15, 0.2) is 0 Å². The van der Waals surface area contributed by atoms with E-state index in [-0.39, 0.29) is 29.8 Å². The summed E-state index contributed by atoms with van der Waals surface area (Å²) in [6.45, 7) is -0.236. The molecular weight excluding hydrogens is 316 g/mol. The Balaban J connectivity index is 0.00000400. The molecule has 0 aliphatic carbocycles. The van der Waals surface area contributed by atoms with E-state index in [1.54, 1.807) is 24.3 Å². The first-order valence-electron chi connectivity index (χ1n) is 5.87. The summed E-state index contributed by atoms with van der Waals surface area (Å²) in [7, 11) is 1.22. The number of nitrogens with one attached hydrogen (secondary N) is 1. The molecule has 0 fully saturated rings. The minimum Gasteiger partial charge on any atom is -0.468 e. The van der Waals surface area contributed by atoms with Crippen LogP contribution >= 0.6 is 24.2 Å². The maximum absolute atomic E-state index is 11.8. The Morgan fingerprint density at radius 1 is 1.29 bits per heavy atom. The van der Waals surface area contributed by atoms with Crippen LogP contribution in [0.4, 0.5) is 0 Å². The zero-order chi connectivity index (χ0) is 15.0. The van der Waals surface area contributed by atoms with Crippen molar-refractivity contribution in [3.8, 4) is 0 Å². The standard InChI is InChI=1S/C13H16N2O4S.ClH/c1-19-11(16)7-15-12(17)10(14)8-20-13(18)9-5-3-2-4-6-9;/h2-6,10H,7-8,14H2,1H3,(H,15,17);1H/t10-;/m0./s1. The smallest absolute Gasteiger partial charge is 0.325 e. The molecule has 0 radical (unpaired) electrons. The Kier molecular flexibility index (Phi) is 9.44. The van der Waals surface area contributed by atoms with Crippen molar-refractivity contribution in [2.75, 3.05) is 19.4 Å². The molecule has 3 N–H and O–H groups in total. The summed E-state index contributed by atoms with van der Waals surface area (Å²) in [4.78, 5) is 34.2. The molecular formula is C13H17ClN2O4S. The van der Waals surface area contributed by atoms with Crippen LogP contribution in [0.15, 0.2) is 30.3 Å². The van der Waals surface area contributed by atoms with Crippen LogP contribution in [0.3, 0.4) is 0 Å². The van der Waals surface area contributed by atoms with E-state index in [1.807, 2.05) is 6.07 Å². The largest absolute Gasteiger partial charge is 0.468 e. The number of hydrogen-bond donors (Lipinski definition) is 2. The first-order chi connectivity index (χ1) is 9.54. The van der Waals surface area contributed by atoms with E-state index >= 15 is 0 Å². The number of hydrogen-bond acceptors (Lipinski definition) is 6. The third kappa shape index (κ3) is 7.12. The summed E-state index contributed by atoms with van der Waals surface area (Å²) in [6, 6.07) is 7.86. The summed E-state index contributed by atoms with van der Waals surface area (Å²) in [5, 5.41) is 2.18. The second kappa shape index (κ2) is 10.2. The van der Waals surface area contributed by atoms with Gasteiger partial charge in [-0.25, -0.2) is 0 Å². The molecule has 0 aliphatic heterocycles. The summed E-state index contributed by atoms with van der Waals surface area (Å²) < 4.78 is 4.38. The number of amides is 1. The van der Waals surface area contributed by atoms with Gasteiger partial charge in [-0.1, -0.05) is 42.1 Å². The summed E-state index contributed by atoms with van der Waals surface area (Å²) >= 11 is 0.965. The highest BCUT2D eigenvalue weighted by Gasteiger charge is 2.17. The molecule has 1 aromatic carbocycles. The van der Waals surface area contributed by atoms with Crippen molar-refractivity contribution in [1.29, 1.82) is 0 Å². The van der Waals surface area contributed by atoms with E-state index in [2.05, 4.69) is 10.1 Å². The van der Waals surface area contributed by atoms with E-state index in [0.29, 0.717) is 5.56 Å². The van der Waals surface area contributed by atoms with Crippen molar-refractivity contribution in [2.45, 2.75) is 6.04 Å². The second-order valence-corrected chi connectivity index (χ2v) is 4.86. The van der Waals surface area contributed by atoms with Gasteiger partial charge in [0, 0.05) is 11.3 Å². The molecule has 1 rings (SSSR count). The molecule has 8 heteroatoms. The Bertz CT molecular complexity index is 484. The minimum atomic E-state index is -0.864. The number of methoxy groups -OCH3 is 1. The summed E-state index contributed by atoms with van der Waals surface area (Å²) in [5.74, 6) is -0.914. The van der Waals surface area contributed by atoms with Crippen molar-refractivity contribution in [2.24, 2.45) is 5.73 Å². The number of nitrogens with two attached hydrogens (primary N) is 1. The van der Waals surface area contributed by atoms with Gasteiger partial charge in [-0.05, 0) is 0 Å². The molecule has 1 amide bonds. The van der Waals surface area contributed by atoms with Gasteiger partial charge < -0.3 is 15.8 Å². The van der Waals surface area contributed by atoms with E-state index in [9.17, 15) is 14.4 Å². The maximum Gasteiger partial charge on any atom is 0.325 e. The van der Waals surface area contributed by atoms with Gasteiger partial charge in [0.2, 0.25) is 11.0 Å². The highest BCUT2D eigenvalue weighted by Crippen LogP contribution is 2.12. The zero-order valence-corrected chi connectivity index (χ0v) is 13.0. The van der Waals surface area contributed by atoms with Crippen LogP contribution in [0.5, 0.6) is 0 Å². The Morgan fingerprint density at radius 3 is 2.48 bits per heavy atom. The lowest BCUT2D eigenvalue weighted by Gasteiger charge is -2.10. The topological polar surface area (TPSA) is 98.5 Å². The van der Waals surface area contributed by atoms with E-state index in [4.69, 9.17) is 5.73 Å². The predicted octanol–water partition coefficient (Wildman–Crippen LogP) is 0.598. The van der Waals surface area contributed by atoms with Crippen molar-refractivity contribution < 1.29 is 19.1 Å². The number of halogens is 1. The number of thioether (sulfide) groups is 1. The summed E-state index contributed by atoms with van der Waals surface area (Å²) in [6.07, 6.45) is 0. The average Bonchev–Trinajstić information content (AvgIpc) is 2.50. The first kappa shape index (κ1) is 19.4. The molecule has 1 atom stereocenters. The molecule has 0 bridgehead atoms. The van der Waals surface area contributed by atoms with E-state index in [1.165, 1.54) is 7.11 Å². The van der Waals surface area contributed by atoms with Crippen LogP contribution < -0.4 is 11.1 Å². The third-order valence-corrected chi connectivity index (χ3v) is 3.40. The highest BCUT2D eigenvalue weighted by atomic mass is 35.5. The number of esters is 1. The number of ether oxygens (including phenoxy) is 1. The normalized spacial score (nSPS) is 11.0. The van der Waals surface area contributed by atoms with Gasteiger partial charge in [0.05, 0.1) is 13.2 Å². The zero-order valence-electron chi connectivity index (χ0n) is 11.4. The fraction of sp³-hybridized carbons (Fsp3) is 0.308. The molecule has 116 valence electrons. The lowest BCUT2D eigenvalue weighted by molar-refractivity contribution is -0.141. The van der Waals surface area contributed by atoms with E-state index in [0.717, 1.165) is 11.8 Å². The third-order valence-electron chi connectivity index (χ3n) is 2.37. The molecule has 0 aromatic heterocycles. The first-order valence-corrected chi connectivity index (χ1v) is 6.85. The molecule has 0 saturated carbocycles. The van der Waals surface area contributed by atoms with Crippen molar-refractivity contribution >= 4 is 41.2 Å². The molecule has 0 saturated heterocycles. The van der Waals surface area contributed by atoms with Crippen molar-refractivity contribution in [3.05, 3.63) is 35.9 Å². The second-order valence-electron chi connectivity index (χ2n) is 3.86. The summed E-state index contributed by atoms with van der Waals surface area (Å²) in [5.41, 5.74) is 6.19. The van der Waals surface area contributed by atoms with Crippen molar-refractivity contribution in [3.63, 3.8) is 0 Å². The monoisotopic (exact) mass is 332 g/mol. The van der Waals surface area contributed by atoms with Gasteiger partial charge in [0.25, 0.3) is 0 Å². The molecule has 0 unspecified atom stereocenters. The molecule has 0 heterocycles. The Morgan fingerprint density at radius 2 is 1.90 bits per heavy atom. The van der Waals surface area contributed by atoms with Crippen LogP contribution in [0.2, 0.25) is 0 Å². The number of carbonyl (C=O) groups is 3. The Labute approximate surface area is 133 Å². The number of rotatable bonds is 6. The fourth-order valence-electron chi connectivity index (χ4n) is 1.26. The quantitative estimate of drug-likeness (QED) is 0.740. The van der Waals surface area contributed by atoms with Gasteiger partial charge in [-0.15, -0.1) is 12.4 Å². The molecule has 21 heavy (non-hydrogen) atoms. The molecule has 0 spiro atoms. The van der Waals surface area contributed by atoms with Gasteiger partial charge in [0.1, 0.15) is 6.54 Å². The number of benzene rings is 1. The predicted molar refractivity (Wildman–Crippen MR) is 83.5 cm³/mol. The van der Waals surface area contributed by atoms with Gasteiger partial charge in [-0.3, -0.25) is 14.4 Å². The van der Waals surface area contributed by atoms with Crippen LogP contribution in [-0.4, -0.2) is 42.4 Å². The van der Waals surface area contributed by atoms with Crippen LogP contribution in [0.25, 0.3) is 0 Å². The average molecular weight is 333 g/mol. The van der Waals surface area contributed by atoms with Gasteiger partial charge >= 0.3 is 5.97 Å². The molecule has 1 aromatic rings. The van der Waals surface area contributed by atoms with Gasteiger partial charge in [-0.2, -0.15) is 0 Å². The SMILES string of the molecule is COC(=O)CNC(=O)[C@@H](N)CSC(=O)c1ccccc1.Cl. The van der Waals surface area contributed by atoms with Crippen LogP contribution in [0, 0.1) is 0 Å². The lowest BCUT2D eigenvalue weighted by atomic mass is 10.2. The fourth-order valence-corrected chi connectivity index (χ4v) is 2.05. The van der Waals surface area contributed by atoms with Crippen LogP contribution in [-0.2, 0) is 14.3 Å². The van der Waals surface area contributed by atoms with Crippen LogP contribution in [0.1, 0.15) is 10.4 Å².